The molecule has 0 saturated carbocycles. The van der Waals surface area contributed by atoms with E-state index in [-0.39, 0.29) is 0 Å². The molecule has 0 spiro atoms. The SMILES string of the molecule is COc1cc(NC(=S)Nc2c(C)nn(Cc3cccc(Oc4ccccc4)c3)c2C)cc(OC)c1. The average Bonchev–Trinajstić information content (AvgIpc) is 3.11. The number of anilines is 2. The standard InChI is InChI=1S/C27H28N4O3S/c1-18-26(29-27(35)28-21-14-24(32-3)16-25(15-21)33-4)19(2)31(30-18)17-20-9-8-12-23(13-20)34-22-10-6-5-7-11-22/h5-16H,17H2,1-4H3,(H2,28,29,35). The third-order valence-corrected chi connectivity index (χ3v) is 5.64. The largest absolute Gasteiger partial charge is 0.497 e. The third kappa shape index (κ3) is 6.10. The summed E-state index contributed by atoms with van der Waals surface area (Å²) in [6.07, 6.45) is 0. The molecule has 0 saturated heterocycles. The molecule has 1 aromatic heterocycles. The van der Waals surface area contributed by atoms with Crippen LogP contribution in [0.25, 0.3) is 0 Å². The molecule has 7 nitrogen and oxygen atoms in total. The number of nitrogens with one attached hydrogen (secondary N) is 2. The Morgan fingerprint density at radius 2 is 1.51 bits per heavy atom. The fourth-order valence-corrected chi connectivity index (χ4v) is 3.91. The molecule has 4 aromatic rings. The minimum Gasteiger partial charge on any atom is -0.497 e. The number of ether oxygens (including phenoxy) is 3. The van der Waals surface area contributed by atoms with Gasteiger partial charge in [0.05, 0.1) is 37.8 Å². The van der Waals surface area contributed by atoms with Gasteiger partial charge in [0.15, 0.2) is 5.11 Å². The van der Waals surface area contributed by atoms with E-state index in [0.29, 0.717) is 23.2 Å². The van der Waals surface area contributed by atoms with E-state index in [1.165, 1.54) is 0 Å². The van der Waals surface area contributed by atoms with Crippen LogP contribution in [0.1, 0.15) is 17.0 Å². The first-order chi connectivity index (χ1) is 16.9. The number of para-hydroxylation sites is 1. The number of hydrogen-bond donors (Lipinski definition) is 2. The van der Waals surface area contributed by atoms with Crippen molar-refractivity contribution in [3.05, 3.63) is 89.7 Å². The highest BCUT2D eigenvalue weighted by Crippen LogP contribution is 2.27. The quantitative estimate of drug-likeness (QED) is 0.288. The van der Waals surface area contributed by atoms with Gasteiger partial charge in [-0.1, -0.05) is 30.3 Å². The van der Waals surface area contributed by atoms with Crippen LogP contribution in [0.5, 0.6) is 23.0 Å². The summed E-state index contributed by atoms with van der Waals surface area (Å²) in [6.45, 7) is 4.58. The number of thiocarbonyl (C=S) groups is 1. The Kier molecular flexibility index (Phi) is 7.52. The van der Waals surface area contributed by atoms with Crippen LogP contribution in [-0.4, -0.2) is 29.1 Å². The fourth-order valence-electron chi connectivity index (χ4n) is 3.69. The molecule has 0 unspecified atom stereocenters. The summed E-state index contributed by atoms with van der Waals surface area (Å²) in [5, 5.41) is 11.6. The Bertz CT molecular complexity index is 1300. The maximum absolute atomic E-state index is 5.97. The van der Waals surface area contributed by atoms with E-state index >= 15 is 0 Å². The lowest BCUT2D eigenvalue weighted by molar-refractivity contribution is 0.395. The van der Waals surface area contributed by atoms with E-state index in [4.69, 9.17) is 31.5 Å². The Morgan fingerprint density at radius 1 is 0.829 bits per heavy atom. The zero-order valence-electron chi connectivity index (χ0n) is 20.2. The first-order valence-corrected chi connectivity index (χ1v) is 11.5. The predicted octanol–water partition coefficient (Wildman–Crippen LogP) is 6.17. The second kappa shape index (κ2) is 10.9. The van der Waals surface area contributed by atoms with Gasteiger partial charge >= 0.3 is 0 Å². The molecule has 0 aliphatic carbocycles. The smallest absolute Gasteiger partial charge is 0.175 e. The van der Waals surface area contributed by atoms with Crippen molar-refractivity contribution in [2.24, 2.45) is 0 Å². The van der Waals surface area contributed by atoms with Crippen LogP contribution in [0.2, 0.25) is 0 Å². The zero-order chi connectivity index (χ0) is 24.8. The molecule has 1 heterocycles. The molecule has 4 rings (SSSR count). The van der Waals surface area contributed by atoms with E-state index in [1.54, 1.807) is 20.3 Å². The summed E-state index contributed by atoms with van der Waals surface area (Å²) in [5.41, 5.74) is 4.54. The second-order valence-corrected chi connectivity index (χ2v) is 8.35. The molecule has 0 aliphatic heterocycles. The number of rotatable bonds is 8. The lowest BCUT2D eigenvalue weighted by Gasteiger charge is -2.13. The average molecular weight is 489 g/mol. The molecule has 3 aromatic carbocycles. The van der Waals surface area contributed by atoms with Crippen LogP contribution in [0.4, 0.5) is 11.4 Å². The van der Waals surface area contributed by atoms with E-state index in [9.17, 15) is 0 Å². The van der Waals surface area contributed by atoms with Gasteiger partial charge in [-0.05, 0) is 55.9 Å². The van der Waals surface area contributed by atoms with Gasteiger partial charge < -0.3 is 24.8 Å². The van der Waals surface area contributed by atoms with Gasteiger partial charge in [-0.25, -0.2) is 0 Å². The fraction of sp³-hybridized carbons (Fsp3) is 0.185. The zero-order valence-corrected chi connectivity index (χ0v) is 21.0. The number of aromatic nitrogens is 2. The summed E-state index contributed by atoms with van der Waals surface area (Å²) in [6, 6.07) is 23.3. The highest BCUT2D eigenvalue weighted by molar-refractivity contribution is 7.80. The van der Waals surface area contributed by atoms with Gasteiger partial charge in [0.1, 0.15) is 23.0 Å². The van der Waals surface area contributed by atoms with Crippen LogP contribution >= 0.6 is 12.2 Å². The normalized spacial score (nSPS) is 10.5. The van der Waals surface area contributed by atoms with Crippen molar-refractivity contribution in [3.8, 4) is 23.0 Å². The predicted molar refractivity (Wildman–Crippen MR) is 143 cm³/mol. The van der Waals surface area contributed by atoms with Gasteiger partial charge in [0.2, 0.25) is 0 Å². The Hall–Kier alpha value is -4.04. The van der Waals surface area contributed by atoms with E-state index in [1.807, 2.05) is 79.2 Å². The topological polar surface area (TPSA) is 69.6 Å². The molecule has 0 bridgehead atoms. The molecule has 0 radical (unpaired) electrons. The monoisotopic (exact) mass is 488 g/mol. The van der Waals surface area contributed by atoms with Crippen molar-refractivity contribution in [1.82, 2.24) is 9.78 Å². The summed E-state index contributed by atoms with van der Waals surface area (Å²) in [7, 11) is 3.22. The van der Waals surface area contributed by atoms with Gasteiger partial charge in [0, 0.05) is 23.9 Å². The molecule has 0 fully saturated rings. The molecule has 180 valence electrons. The van der Waals surface area contributed by atoms with Crippen LogP contribution < -0.4 is 24.8 Å². The van der Waals surface area contributed by atoms with Crippen LogP contribution in [0, 0.1) is 13.8 Å². The van der Waals surface area contributed by atoms with Crippen LogP contribution in [0.3, 0.4) is 0 Å². The van der Waals surface area contributed by atoms with Gasteiger partial charge in [-0.3, -0.25) is 4.68 Å². The molecular weight excluding hydrogens is 460 g/mol. The summed E-state index contributed by atoms with van der Waals surface area (Å²) < 4.78 is 18.6. The van der Waals surface area contributed by atoms with E-state index in [2.05, 4.69) is 16.7 Å². The summed E-state index contributed by atoms with van der Waals surface area (Å²) in [5.74, 6) is 2.94. The maximum atomic E-state index is 5.97. The van der Waals surface area contributed by atoms with E-state index < -0.39 is 0 Å². The molecule has 0 atom stereocenters. The number of aryl methyl sites for hydroxylation is 1. The molecular formula is C27H28N4O3S. The first kappa shape index (κ1) is 24.1. The molecule has 0 aliphatic rings. The van der Waals surface area contributed by atoms with Crippen molar-refractivity contribution in [2.75, 3.05) is 24.9 Å². The van der Waals surface area contributed by atoms with E-state index in [0.717, 1.165) is 39.8 Å². The highest BCUT2D eigenvalue weighted by atomic mass is 32.1. The van der Waals surface area contributed by atoms with Crippen molar-refractivity contribution in [2.45, 2.75) is 20.4 Å². The molecule has 8 heteroatoms. The number of benzene rings is 3. The van der Waals surface area contributed by atoms with Crippen molar-refractivity contribution >= 4 is 28.7 Å². The van der Waals surface area contributed by atoms with Crippen molar-refractivity contribution in [3.63, 3.8) is 0 Å². The van der Waals surface area contributed by atoms with Crippen LogP contribution in [-0.2, 0) is 6.54 Å². The summed E-state index contributed by atoms with van der Waals surface area (Å²) in [4.78, 5) is 0. The molecule has 2 N–H and O–H groups in total. The molecule has 35 heavy (non-hydrogen) atoms. The van der Waals surface area contributed by atoms with Gasteiger partial charge in [-0.2, -0.15) is 5.10 Å². The highest BCUT2D eigenvalue weighted by Gasteiger charge is 2.14. The third-order valence-electron chi connectivity index (χ3n) is 5.44. The second-order valence-electron chi connectivity index (χ2n) is 7.95. The minimum absolute atomic E-state index is 0.448. The Labute approximate surface area is 210 Å². The minimum atomic E-state index is 0.448. The number of nitrogens with zero attached hydrogens (tertiary/aromatic N) is 2. The summed E-state index contributed by atoms with van der Waals surface area (Å²) >= 11 is 5.56. The molecule has 0 amide bonds. The van der Waals surface area contributed by atoms with Gasteiger partial charge in [0.25, 0.3) is 0 Å². The first-order valence-electron chi connectivity index (χ1n) is 11.1. The maximum Gasteiger partial charge on any atom is 0.175 e. The Morgan fingerprint density at radius 3 is 2.20 bits per heavy atom. The lowest BCUT2D eigenvalue weighted by Crippen LogP contribution is -2.20. The Balaban J connectivity index is 1.46. The van der Waals surface area contributed by atoms with Crippen molar-refractivity contribution < 1.29 is 14.2 Å². The van der Waals surface area contributed by atoms with Crippen LogP contribution in [0.15, 0.2) is 72.8 Å². The lowest BCUT2D eigenvalue weighted by atomic mass is 10.2. The van der Waals surface area contributed by atoms with Crippen molar-refractivity contribution in [1.29, 1.82) is 0 Å². The number of hydrogen-bond acceptors (Lipinski definition) is 5. The van der Waals surface area contributed by atoms with Gasteiger partial charge in [-0.15, -0.1) is 0 Å². The number of methoxy groups -OCH3 is 2.